The number of H-pyrrole nitrogens is 1. The van der Waals surface area contributed by atoms with E-state index in [1.54, 1.807) is 24.5 Å². The third kappa shape index (κ3) is 6.64. The van der Waals surface area contributed by atoms with Crippen LogP contribution in [0.2, 0.25) is 0 Å². The number of rotatable bonds is 8. The van der Waals surface area contributed by atoms with Crippen molar-refractivity contribution in [2.75, 3.05) is 6.54 Å². The Bertz CT molecular complexity index is 1490. The highest BCUT2D eigenvalue weighted by atomic mass is 32.2. The minimum Gasteiger partial charge on any atom is -0.352 e. The van der Waals surface area contributed by atoms with Crippen molar-refractivity contribution >= 4 is 15.7 Å². The Morgan fingerprint density at radius 2 is 1.78 bits per heavy atom. The molecule has 4 aromatic rings. The third-order valence-electron chi connectivity index (χ3n) is 5.35. The zero-order chi connectivity index (χ0) is 25.4. The number of carbonyl (C=O) groups excluding carboxylic acids is 1. The van der Waals surface area contributed by atoms with Crippen LogP contribution in [-0.4, -0.2) is 36.1 Å². The zero-order valence-corrected chi connectivity index (χ0v) is 20.1. The number of aromatic amines is 1. The molecule has 7 nitrogen and oxygen atoms in total. The highest BCUT2D eigenvalue weighted by Crippen LogP contribution is 2.22. The van der Waals surface area contributed by atoms with E-state index in [-0.39, 0.29) is 22.1 Å². The molecule has 0 saturated carbocycles. The van der Waals surface area contributed by atoms with Crippen molar-refractivity contribution in [2.45, 2.75) is 23.5 Å². The number of carbonyl (C=O) groups is 1. The molecule has 0 aliphatic carbocycles. The van der Waals surface area contributed by atoms with Gasteiger partial charge in [0.05, 0.1) is 16.8 Å². The van der Waals surface area contributed by atoms with Crippen LogP contribution in [0.1, 0.15) is 39.0 Å². The predicted molar refractivity (Wildman–Crippen MR) is 133 cm³/mol. The Morgan fingerprint density at radius 3 is 2.50 bits per heavy atom. The van der Waals surface area contributed by atoms with E-state index in [2.05, 4.69) is 32.3 Å². The van der Waals surface area contributed by atoms with Gasteiger partial charge in [-0.05, 0) is 78.6 Å². The average molecular weight is 503 g/mol. The number of pyridine rings is 1. The van der Waals surface area contributed by atoms with E-state index in [9.17, 15) is 17.6 Å². The van der Waals surface area contributed by atoms with E-state index in [0.717, 1.165) is 18.4 Å². The van der Waals surface area contributed by atoms with E-state index in [4.69, 9.17) is 0 Å². The number of hydrogen-bond donors (Lipinski definition) is 2. The van der Waals surface area contributed by atoms with Crippen molar-refractivity contribution in [2.24, 2.45) is 0 Å². The minimum atomic E-state index is -3.77. The molecule has 0 aliphatic rings. The number of aromatic nitrogens is 3. The van der Waals surface area contributed by atoms with E-state index in [1.165, 1.54) is 54.9 Å². The van der Waals surface area contributed by atoms with Crippen LogP contribution in [0.3, 0.4) is 0 Å². The van der Waals surface area contributed by atoms with Gasteiger partial charge in [0.25, 0.3) is 5.91 Å². The third-order valence-corrected chi connectivity index (χ3v) is 7.09. The smallest absolute Gasteiger partial charge is 0.251 e. The van der Waals surface area contributed by atoms with Crippen LogP contribution in [0.15, 0.2) is 84.3 Å². The largest absolute Gasteiger partial charge is 0.352 e. The van der Waals surface area contributed by atoms with Gasteiger partial charge in [0.2, 0.25) is 0 Å². The quantitative estimate of drug-likeness (QED) is 0.283. The minimum absolute atomic E-state index is 0.0189. The molecule has 2 N–H and O–H groups in total. The fourth-order valence-electron chi connectivity index (χ4n) is 3.50. The number of aryl methyl sites for hydroxylation is 1. The first-order valence-corrected chi connectivity index (χ1v) is 12.8. The van der Waals surface area contributed by atoms with Crippen molar-refractivity contribution < 1.29 is 17.6 Å². The maximum absolute atomic E-state index is 13.2. The van der Waals surface area contributed by atoms with Gasteiger partial charge >= 0.3 is 0 Å². The van der Waals surface area contributed by atoms with Gasteiger partial charge < -0.3 is 5.32 Å². The molecule has 2 aromatic heterocycles. The van der Waals surface area contributed by atoms with E-state index >= 15 is 0 Å². The lowest BCUT2D eigenvalue weighted by atomic mass is 10.1. The van der Waals surface area contributed by atoms with Gasteiger partial charge in [0, 0.05) is 41.8 Å². The molecule has 0 bridgehead atoms. The topological polar surface area (TPSA) is 105 Å². The van der Waals surface area contributed by atoms with Gasteiger partial charge in [-0.15, -0.1) is 0 Å². The SMILES string of the molecule is O=C(NCCCc1cn[nH]c1)c1ccc(S(=O)(=O)Cc2ccncc2)c(C#Cc2ccc(F)cc2)c1. The molecule has 0 unspecified atom stereocenters. The number of sulfone groups is 1. The summed E-state index contributed by atoms with van der Waals surface area (Å²) in [6.45, 7) is 0.447. The molecule has 0 fully saturated rings. The van der Waals surface area contributed by atoms with Gasteiger partial charge in [-0.25, -0.2) is 12.8 Å². The Kier molecular flexibility index (Phi) is 7.88. The summed E-state index contributed by atoms with van der Waals surface area (Å²) >= 11 is 0. The van der Waals surface area contributed by atoms with Crippen molar-refractivity contribution in [3.05, 3.63) is 113 Å². The van der Waals surface area contributed by atoms with Crippen LogP contribution in [0.25, 0.3) is 0 Å². The number of nitrogens with one attached hydrogen (secondary N) is 2. The summed E-state index contributed by atoms with van der Waals surface area (Å²) in [6.07, 6.45) is 8.08. The summed E-state index contributed by atoms with van der Waals surface area (Å²) in [5.41, 5.74) is 2.64. The maximum Gasteiger partial charge on any atom is 0.251 e. The van der Waals surface area contributed by atoms with Gasteiger partial charge in [0.15, 0.2) is 9.84 Å². The molecule has 0 aliphatic heterocycles. The molecule has 0 radical (unpaired) electrons. The summed E-state index contributed by atoms with van der Waals surface area (Å²) in [5.74, 6) is 4.77. The van der Waals surface area contributed by atoms with Crippen molar-refractivity contribution in [3.8, 4) is 11.8 Å². The first-order chi connectivity index (χ1) is 17.4. The standard InChI is InChI=1S/C27H23FN4O3S/c28-25-8-4-20(5-9-25)3-6-23-16-24(27(33)30-13-1-2-22-17-31-32-18-22)7-10-26(23)36(34,35)19-21-11-14-29-15-12-21/h4-5,7-12,14-18H,1-2,13,19H2,(H,30,33)(H,31,32). The molecular weight excluding hydrogens is 479 g/mol. The average Bonchev–Trinajstić information content (AvgIpc) is 3.40. The number of halogens is 1. The predicted octanol–water partition coefficient (Wildman–Crippen LogP) is 3.68. The molecule has 0 saturated heterocycles. The lowest BCUT2D eigenvalue weighted by molar-refractivity contribution is 0.0953. The normalized spacial score (nSPS) is 10.9. The molecular formula is C27H23FN4O3S. The lowest BCUT2D eigenvalue weighted by Crippen LogP contribution is -2.25. The van der Waals surface area contributed by atoms with Crippen molar-refractivity contribution in [1.82, 2.24) is 20.5 Å². The second-order valence-electron chi connectivity index (χ2n) is 8.05. The Hall–Kier alpha value is -4.29. The number of hydrogen-bond acceptors (Lipinski definition) is 5. The first-order valence-electron chi connectivity index (χ1n) is 11.2. The van der Waals surface area contributed by atoms with Crippen molar-refractivity contribution in [3.63, 3.8) is 0 Å². The Morgan fingerprint density at radius 1 is 1.00 bits per heavy atom. The van der Waals surface area contributed by atoms with Crippen LogP contribution < -0.4 is 5.32 Å². The fraction of sp³-hybridized carbons (Fsp3) is 0.148. The lowest BCUT2D eigenvalue weighted by Gasteiger charge is -2.10. The van der Waals surface area contributed by atoms with Crippen LogP contribution in [0, 0.1) is 17.7 Å². The highest BCUT2D eigenvalue weighted by Gasteiger charge is 2.20. The van der Waals surface area contributed by atoms with Gasteiger partial charge in [-0.2, -0.15) is 5.10 Å². The second kappa shape index (κ2) is 11.4. The molecule has 9 heteroatoms. The molecule has 2 heterocycles. The van der Waals surface area contributed by atoms with E-state index in [1.807, 2.05) is 0 Å². The Labute approximate surface area is 208 Å². The van der Waals surface area contributed by atoms with Gasteiger partial charge in [-0.3, -0.25) is 14.9 Å². The number of benzene rings is 2. The first kappa shape index (κ1) is 24.8. The monoisotopic (exact) mass is 502 g/mol. The summed E-state index contributed by atoms with van der Waals surface area (Å²) in [4.78, 5) is 16.7. The van der Waals surface area contributed by atoms with Crippen LogP contribution in [0.5, 0.6) is 0 Å². The zero-order valence-electron chi connectivity index (χ0n) is 19.2. The molecule has 36 heavy (non-hydrogen) atoms. The van der Waals surface area contributed by atoms with Crippen LogP contribution >= 0.6 is 0 Å². The number of nitrogens with zero attached hydrogens (tertiary/aromatic N) is 2. The maximum atomic E-state index is 13.2. The summed E-state index contributed by atoms with van der Waals surface area (Å²) in [6, 6.07) is 13.2. The molecule has 182 valence electrons. The molecule has 0 spiro atoms. The summed E-state index contributed by atoms with van der Waals surface area (Å²) in [5, 5.41) is 9.50. The Balaban J connectivity index is 1.58. The van der Waals surface area contributed by atoms with E-state index < -0.39 is 15.7 Å². The van der Waals surface area contributed by atoms with Crippen molar-refractivity contribution in [1.29, 1.82) is 0 Å². The summed E-state index contributed by atoms with van der Waals surface area (Å²) < 4.78 is 39.7. The number of amides is 1. The second-order valence-corrected chi connectivity index (χ2v) is 10.0. The molecule has 4 rings (SSSR count). The molecule has 0 atom stereocenters. The fourth-order valence-corrected chi connectivity index (χ4v) is 5.01. The van der Waals surface area contributed by atoms with Gasteiger partial charge in [0.1, 0.15) is 5.82 Å². The molecule has 1 amide bonds. The molecule has 2 aromatic carbocycles. The van der Waals surface area contributed by atoms with Crippen LogP contribution in [0.4, 0.5) is 4.39 Å². The van der Waals surface area contributed by atoms with Crippen LogP contribution in [-0.2, 0) is 22.0 Å². The highest BCUT2D eigenvalue weighted by molar-refractivity contribution is 7.90. The summed E-state index contributed by atoms with van der Waals surface area (Å²) in [7, 11) is -3.77. The van der Waals surface area contributed by atoms with E-state index in [0.29, 0.717) is 23.2 Å². The van der Waals surface area contributed by atoms with Gasteiger partial charge in [-0.1, -0.05) is 11.8 Å².